The standard InChI is InChI=1S/C8H17ClO/c1-3-8(10)5-4-7(2)6-9/h7-8,10H,3-6H2,1-2H3. The van der Waals surface area contributed by atoms with Crippen LogP contribution < -0.4 is 0 Å². The summed E-state index contributed by atoms with van der Waals surface area (Å²) in [7, 11) is 0. The molecule has 0 aliphatic carbocycles. The van der Waals surface area contributed by atoms with Crippen molar-refractivity contribution in [2.24, 2.45) is 5.92 Å². The van der Waals surface area contributed by atoms with Crippen LogP contribution in [0.1, 0.15) is 33.1 Å². The van der Waals surface area contributed by atoms with E-state index in [2.05, 4.69) is 6.92 Å². The summed E-state index contributed by atoms with van der Waals surface area (Å²) in [4.78, 5) is 0. The predicted molar refractivity (Wildman–Crippen MR) is 45.4 cm³/mol. The number of hydrogen-bond acceptors (Lipinski definition) is 1. The maximum absolute atomic E-state index is 9.16. The summed E-state index contributed by atoms with van der Waals surface area (Å²) in [6.07, 6.45) is 2.67. The van der Waals surface area contributed by atoms with Crippen LogP contribution >= 0.6 is 11.6 Å². The van der Waals surface area contributed by atoms with E-state index >= 15 is 0 Å². The molecule has 0 bridgehead atoms. The van der Waals surface area contributed by atoms with Gasteiger partial charge in [0.15, 0.2) is 0 Å². The summed E-state index contributed by atoms with van der Waals surface area (Å²) in [5.74, 6) is 1.25. The van der Waals surface area contributed by atoms with Gasteiger partial charge < -0.3 is 5.11 Å². The quantitative estimate of drug-likeness (QED) is 0.619. The number of aliphatic hydroxyl groups is 1. The van der Waals surface area contributed by atoms with Crippen LogP contribution in [0.2, 0.25) is 0 Å². The Kier molecular flexibility index (Phi) is 6.14. The first-order valence-electron chi connectivity index (χ1n) is 3.94. The zero-order valence-electron chi connectivity index (χ0n) is 6.81. The summed E-state index contributed by atoms with van der Waals surface area (Å²) in [6, 6.07) is 0. The van der Waals surface area contributed by atoms with E-state index in [0.29, 0.717) is 11.8 Å². The van der Waals surface area contributed by atoms with Gasteiger partial charge in [-0.05, 0) is 25.2 Å². The van der Waals surface area contributed by atoms with E-state index in [-0.39, 0.29) is 6.10 Å². The lowest BCUT2D eigenvalue weighted by Crippen LogP contribution is -2.07. The zero-order valence-corrected chi connectivity index (χ0v) is 7.56. The smallest absolute Gasteiger partial charge is 0.0537 e. The Morgan fingerprint density at radius 1 is 1.40 bits per heavy atom. The van der Waals surface area contributed by atoms with Crippen molar-refractivity contribution in [3.8, 4) is 0 Å². The zero-order chi connectivity index (χ0) is 7.98. The first-order chi connectivity index (χ1) is 4.70. The summed E-state index contributed by atoms with van der Waals surface area (Å²) >= 11 is 5.60. The number of hydrogen-bond donors (Lipinski definition) is 1. The minimum atomic E-state index is -0.120. The van der Waals surface area contributed by atoms with Gasteiger partial charge in [0, 0.05) is 5.88 Å². The van der Waals surface area contributed by atoms with E-state index in [1.54, 1.807) is 0 Å². The molecule has 0 fully saturated rings. The van der Waals surface area contributed by atoms with Crippen LogP contribution in [0.5, 0.6) is 0 Å². The average Bonchev–Trinajstić information content (AvgIpc) is 1.99. The number of halogens is 1. The van der Waals surface area contributed by atoms with Crippen molar-refractivity contribution in [2.45, 2.75) is 39.2 Å². The highest BCUT2D eigenvalue weighted by Gasteiger charge is 2.04. The van der Waals surface area contributed by atoms with Gasteiger partial charge in [0.25, 0.3) is 0 Å². The molecule has 10 heavy (non-hydrogen) atoms. The lowest BCUT2D eigenvalue weighted by molar-refractivity contribution is 0.153. The summed E-state index contributed by atoms with van der Waals surface area (Å²) in [5, 5.41) is 9.16. The van der Waals surface area contributed by atoms with E-state index in [9.17, 15) is 0 Å². The van der Waals surface area contributed by atoms with Crippen molar-refractivity contribution in [2.75, 3.05) is 5.88 Å². The highest BCUT2D eigenvalue weighted by atomic mass is 35.5. The van der Waals surface area contributed by atoms with Crippen LogP contribution in [-0.4, -0.2) is 17.1 Å². The molecular weight excluding hydrogens is 148 g/mol. The lowest BCUT2D eigenvalue weighted by atomic mass is 10.0. The van der Waals surface area contributed by atoms with E-state index in [4.69, 9.17) is 16.7 Å². The van der Waals surface area contributed by atoms with Crippen LogP contribution in [0.3, 0.4) is 0 Å². The maximum Gasteiger partial charge on any atom is 0.0537 e. The number of aliphatic hydroxyl groups excluding tert-OH is 1. The average molecular weight is 165 g/mol. The monoisotopic (exact) mass is 164 g/mol. The van der Waals surface area contributed by atoms with Crippen molar-refractivity contribution in [1.82, 2.24) is 0 Å². The Morgan fingerprint density at radius 3 is 2.40 bits per heavy atom. The molecule has 2 unspecified atom stereocenters. The molecule has 2 heteroatoms. The van der Waals surface area contributed by atoms with Crippen LogP contribution in [0.15, 0.2) is 0 Å². The van der Waals surface area contributed by atoms with Crippen molar-refractivity contribution in [3.05, 3.63) is 0 Å². The van der Waals surface area contributed by atoms with Crippen LogP contribution in [0, 0.1) is 5.92 Å². The van der Waals surface area contributed by atoms with E-state index < -0.39 is 0 Å². The van der Waals surface area contributed by atoms with Gasteiger partial charge in [0.05, 0.1) is 6.10 Å². The van der Waals surface area contributed by atoms with Gasteiger partial charge in [-0.25, -0.2) is 0 Å². The SMILES string of the molecule is CCC(O)CCC(C)CCl. The van der Waals surface area contributed by atoms with Crippen LogP contribution in [-0.2, 0) is 0 Å². The van der Waals surface area contributed by atoms with Crippen molar-refractivity contribution < 1.29 is 5.11 Å². The Morgan fingerprint density at radius 2 is 2.00 bits per heavy atom. The van der Waals surface area contributed by atoms with Crippen LogP contribution in [0.4, 0.5) is 0 Å². The van der Waals surface area contributed by atoms with Crippen LogP contribution in [0.25, 0.3) is 0 Å². The third kappa shape index (κ3) is 5.07. The molecule has 0 aromatic carbocycles. The topological polar surface area (TPSA) is 20.2 Å². The second-order valence-electron chi connectivity index (χ2n) is 2.90. The second kappa shape index (κ2) is 5.99. The third-order valence-electron chi connectivity index (χ3n) is 1.73. The van der Waals surface area contributed by atoms with Crippen molar-refractivity contribution >= 4 is 11.6 Å². The summed E-state index contributed by atoms with van der Waals surface area (Å²) < 4.78 is 0. The Balaban J connectivity index is 3.17. The Labute approximate surface area is 68.4 Å². The first kappa shape index (κ1) is 10.2. The molecule has 62 valence electrons. The van der Waals surface area contributed by atoms with Gasteiger partial charge in [0.2, 0.25) is 0 Å². The maximum atomic E-state index is 9.16. The molecule has 1 N–H and O–H groups in total. The summed E-state index contributed by atoms with van der Waals surface area (Å²) in [5.41, 5.74) is 0. The van der Waals surface area contributed by atoms with Gasteiger partial charge in [-0.2, -0.15) is 0 Å². The largest absolute Gasteiger partial charge is 0.393 e. The first-order valence-corrected chi connectivity index (χ1v) is 4.48. The fourth-order valence-electron chi connectivity index (χ4n) is 0.758. The van der Waals surface area contributed by atoms with Gasteiger partial charge in [0.1, 0.15) is 0 Å². The highest BCUT2D eigenvalue weighted by Crippen LogP contribution is 2.10. The predicted octanol–water partition coefficient (Wildman–Crippen LogP) is 2.41. The fraction of sp³-hybridized carbons (Fsp3) is 1.00. The molecule has 1 nitrogen and oxygen atoms in total. The molecular formula is C8H17ClO. The number of rotatable bonds is 5. The normalized spacial score (nSPS) is 16.8. The molecule has 0 saturated heterocycles. The van der Waals surface area contributed by atoms with Crippen molar-refractivity contribution in [3.63, 3.8) is 0 Å². The molecule has 0 amide bonds. The van der Waals surface area contributed by atoms with E-state index in [1.165, 1.54) is 0 Å². The highest BCUT2D eigenvalue weighted by molar-refractivity contribution is 6.18. The molecule has 2 atom stereocenters. The van der Waals surface area contributed by atoms with E-state index in [1.807, 2.05) is 6.92 Å². The summed E-state index contributed by atoms with van der Waals surface area (Å²) in [6.45, 7) is 4.10. The van der Waals surface area contributed by atoms with Gasteiger partial charge >= 0.3 is 0 Å². The molecule has 0 rings (SSSR count). The molecule has 0 aromatic heterocycles. The fourth-order valence-corrected chi connectivity index (χ4v) is 0.912. The molecule has 0 radical (unpaired) electrons. The van der Waals surface area contributed by atoms with Gasteiger partial charge in [-0.3, -0.25) is 0 Å². The van der Waals surface area contributed by atoms with Gasteiger partial charge in [-0.1, -0.05) is 13.8 Å². The minimum absolute atomic E-state index is 0.120. The molecule has 0 aliphatic rings. The second-order valence-corrected chi connectivity index (χ2v) is 3.21. The van der Waals surface area contributed by atoms with Gasteiger partial charge in [-0.15, -0.1) is 11.6 Å². The molecule has 0 aliphatic heterocycles. The lowest BCUT2D eigenvalue weighted by Gasteiger charge is -2.10. The van der Waals surface area contributed by atoms with E-state index in [0.717, 1.165) is 19.3 Å². The number of alkyl halides is 1. The molecule has 0 heterocycles. The Bertz CT molecular complexity index is 65.7. The molecule has 0 aromatic rings. The van der Waals surface area contributed by atoms with Crippen molar-refractivity contribution in [1.29, 1.82) is 0 Å². The Hall–Kier alpha value is 0.250. The minimum Gasteiger partial charge on any atom is -0.393 e. The molecule has 0 saturated carbocycles. The third-order valence-corrected chi connectivity index (χ3v) is 2.25. The molecule has 0 spiro atoms.